The number of nitrogens with one attached hydrogen (secondary N) is 1. The van der Waals surface area contributed by atoms with Crippen LogP contribution < -0.4 is 5.32 Å². The first-order valence-electron chi connectivity index (χ1n) is 9.90. The van der Waals surface area contributed by atoms with Crippen molar-refractivity contribution >= 4 is 23.8 Å². The summed E-state index contributed by atoms with van der Waals surface area (Å²) >= 11 is 1.78. The molecule has 5 nitrogen and oxygen atoms in total. The predicted octanol–water partition coefficient (Wildman–Crippen LogP) is 5.40. The van der Waals surface area contributed by atoms with Gasteiger partial charge in [0, 0.05) is 11.3 Å². The van der Waals surface area contributed by atoms with Gasteiger partial charge in [-0.15, -0.1) is 11.8 Å². The lowest BCUT2D eigenvalue weighted by Crippen LogP contribution is -2.36. The van der Waals surface area contributed by atoms with Gasteiger partial charge < -0.3 is 14.8 Å². The van der Waals surface area contributed by atoms with E-state index in [2.05, 4.69) is 42.8 Å². The molecule has 0 aliphatic heterocycles. The smallest absolute Gasteiger partial charge is 0.408 e. The van der Waals surface area contributed by atoms with Gasteiger partial charge in [-0.25, -0.2) is 4.79 Å². The van der Waals surface area contributed by atoms with Crippen LogP contribution in [0.15, 0.2) is 59.5 Å². The van der Waals surface area contributed by atoms with E-state index in [0.29, 0.717) is 6.42 Å². The molecule has 30 heavy (non-hydrogen) atoms. The summed E-state index contributed by atoms with van der Waals surface area (Å²) in [5, 5.41) is 2.37. The standard InChI is InChI=1S/C16H23NO4.C8H10S/c1-12(10-13-8-6-5-7-9-13)20-14(18)11-17-15(19)21-16(2,3)4;1-7-3-5-8(9-2)6-4-7/h5-9,12H,10-11H2,1-4H3,(H,17,19);3-6H,1-2H3. The van der Waals surface area contributed by atoms with Crippen molar-refractivity contribution in [2.24, 2.45) is 0 Å². The zero-order valence-electron chi connectivity index (χ0n) is 18.7. The van der Waals surface area contributed by atoms with Gasteiger partial charge in [0.2, 0.25) is 0 Å². The van der Waals surface area contributed by atoms with Crippen LogP contribution >= 0.6 is 11.8 Å². The Kier molecular flexibility index (Phi) is 11.0. The molecule has 0 bridgehead atoms. The molecule has 0 fully saturated rings. The topological polar surface area (TPSA) is 64.6 Å². The van der Waals surface area contributed by atoms with Crippen molar-refractivity contribution in [2.45, 2.75) is 57.6 Å². The van der Waals surface area contributed by atoms with Crippen molar-refractivity contribution in [3.63, 3.8) is 0 Å². The van der Waals surface area contributed by atoms with Gasteiger partial charge in [-0.3, -0.25) is 4.79 Å². The van der Waals surface area contributed by atoms with Crippen LogP contribution in [0.4, 0.5) is 4.79 Å². The number of amides is 1. The number of alkyl carbamates (subject to hydrolysis) is 1. The van der Waals surface area contributed by atoms with Crippen LogP contribution in [0.5, 0.6) is 0 Å². The lowest BCUT2D eigenvalue weighted by atomic mass is 10.1. The van der Waals surface area contributed by atoms with Gasteiger partial charge in [0.1, 0.15) is 18.2 Å². The molecule has 2 aromatic rings. The lowest BCUT2D eigenvalue weighted by molar-refractivity contribution is -0.147. The van der Waals surface area contributed by atoms with Gasteiger partial charge in [-0.05, 0) is 58.6 Å². The van der Waals surface area contributed by atoms with Crippen LogP contribution in [0.2, 0.25) is 0 Å². The zero-order valence-corrected chi connectivity index (χ0v) is 19.5. The maximum Gasteiger partial charge on any atom is 0.408 e. The quantitative estimate of drug-likeness (QED) is 0.490. The van der Waals surface area contributed by atoms with E-state index < -0.39 is 17.7 Å². The molecule has 2 aromatic carbocycles. The molecule has 0 saturated heterocycles. The Balaban J connectivity index is 0.000000414. The number of carbonyl (C=O) groups excluding carboxylic acids is 2. The first-order chi connectivity index (χ1) is 14.1. The second-order valence-corrected chi connectivity index (χ2v) is 8.74. The Labute approximate surface area is 184 Å². The monoisotopic (exact) mass is 431 g/mol. The Bertz CT molecular complexity index is 770. The van der Waals surface area contributed by atoms with E-state index in [9.17, 15) is 9.59 Å². The predicted molar refractivity (Wildman–Crippen MR) is 123 cm³/mol. The molecule has 0 spiro atoms. The minimum Gasteiger partial charge on any atom is -0.461 e. The number of hydrogen-bond donors (Lipinski definition) is 1. The Morgan fingerprint density at radius 2 is 1.63 bits per heavy atom. The summed E-state index contributed by atoms with van der Waals surface area (Å²) in [7, 11) is 0. The van der Waals surface area contributed by atoms with Gasteiger partial charge in [0.05, 0.1) is 0 Å². The van der Waals surface area contributed by atoms with E-state index in [0.717, 1.165) is 5.56 Å². The van der Waals surface area contributed by atoms with Crippen molar-refractivity contribution in [3.8, 4) is 0 Å². The number of esters is 1. The molecule has 6 heteroatoms. The second kappa shape index (κ2) is 13.0. The average Bonchev–Trinajstić information content (AvgIpc) is 2.67. The molecule has 1 amide bonds. The summed E-state index contributed by atoms with van der Waals surface area (Å²) in [4.78, 5) is 24.4. The fourth-order valence-electron chi connectivity index (χ4n) is 2.39. The number of benzene rings is 2. The number of thioether (sulfide) groups is 1. The van der Waals surface area contributed by atoms with Crippen molar-refractivity contribution in [1.82, 2.24) is 5.32 Å². The third kappa shape index (κ3) is 12.2. The number of carbonyl (C=O) groups is 2. The van der Waals surface area contributed by atoms with Crippen molar-refractivity contribution in [1.29, 1.82) is 0 Å². The summed E-state index contributed by atoms with van der Waals surface area (Å²) in [5.41, 5.74) is 1.83. The SMILES string of the molecule is CC(Cc1ccccc1)OC(=O)CNC(=O)OC(C)(C)C.CSc1ccc(C)cc1. The molecule has 0 aromatic heterocycles. The highest BCUT2D eigenvalue weighted by atomic mass is 32.2. The summed E-state index contributed by atoms with van der Waals surface area (Å²) in [6, 6.07) is 18.3. The summed E-state index contributed by atoms with van der Waals surface area (Å²) in [6.07, 6.45) is 1.85. The maximum absolute atomic E-state index is 11.6. The van der Waals surface area contributed by atoms with Gasteiger partial charge >= 0.3 is 12.1 Å². The highest BCUT2D eigenvalue weighted by Gasteiger charge is 2.17. The Morgan fingerprint density at radius 1 is 1.03 bits per heavy atom. The van der Waals surface area contributed by atoms with Crippen LogP contribution in [0.1, 0.15) is 38.8 Å². The van der Waals surface area contributed by atoms with Gasteiger partial charge in [-0.2, -0.15) is 0 Å². The molecule has 0 aliphatic rings. The van der Waals surface area contributed by atoms with Crippen LogP contribution in [0.3, 0.4) is 0 Å². The van der Waals surface area contributed by atoms with E-state index in [-0.39, 0.29) is 12.6 Å². The molecule has 164 valence electrons. The first-order valence-corrected chi connectivity index (χ1v) is 11.1. The van der Waals surface area contributed by atoms with Gasteiger partial charge in [0.25, 0.3) is 0 Å². The Morgan fingerprint density at radius 3 is 2.17 bits per heavy atom. The number of rotatable bonds is 6. The van der Waals surface area contributed by atoms with Crippen molar-refractivity contribution in [2.75, 3.05) is 12.8 Å². The van der Waals surface area contributed by atoms with Crippen LogP contribution in [0.25, 0.3) is 0 Å². The zero-order chi connectivity index (χ0) is 22.6. The molecule has 1 atom stereocenters. The highest BCUT2D eigenvalue weighted by Crippen LogP contribution is 2.13. The summed E-state index contributed by atoms with van der Waals surface area (Å²) in [5.74, 6) is -0.482. The van der Waals surface area contributed by atoms with Gasteiger partial charge in [0.15, 0.2) is 0 Å². The first kappa shape index (κ1) is 25.6. The highest BCUT2D eigenvalue weighted by molar-refractivity contribution is 7.98. The second-order valence-electron chi connectivity index (χ2n) is 7.86. The minimum atomic E-state index is -0.629. The summed E-state index contributed by atoms with van der Waals surface area (Å²) in [6.45, 7) is 8.99. The van der Waals surface area contributed by atoms with E-state index in [1.54, 1.807) is 32.5 Å². The summed E-state index contributed by atoms with van der Waals surface area (Å²) < 4.78 is 10.3. The lowest BCUT2D eigenvalue weighted by Gasteiger charge is -2.19. The molecule has 1 unspecified atom stereocenters. The third-order valence-electron chi connectivity index (χ3n) is 3.73. The van der Waals surface area contributed by atoms with Crippen LogP contribution in [-0.4, -0.2) is 36.6 Å². The number of aryl methyl sites for hydroxylation is 1. The largest absolute Gasteiger partial charge is 0.461 e. The van der Waals surface area contributed by atoms with Crippen molar-refractivity contribution < 1.29 is 19.1 Å². The molecule has 0 aliphatic carbocycles. The fraction of sp³-hybridized carbons (Fsp3) is 0.417. The third-order valence-corrected chi connectivity index (χ3v) is 4.47. The van der Waals surface area contributed by atoms with E-state index >= 15 is 0 Å². The molecule has 0 saturated carbocycles. The maximum atomic E-state index is 11.6. The average molecular weight is 432 g/mol. The molecule has 0 heterocycles. The molecule has 2 rings (SSSR count). The van der Waals surface area contributed by atoms with E-state index in [4.69, 9.17) is 9.47 Å². The molecule has 1 N–H and O–H groups in total. The fourth-order valence-corrected chi connectivity index (χ4v) is 2.79. The van der Waals surface area contributed by atoms with E-state index in [1.807, 2.05) is 37.3 Å². The minimum absolute atomic E-state index is 0.200. The van der Waals surface area contributed by atoms with Crippen molar-refractivity contribution in [3.05, 3.63) is 65.7 Å². The molecular weight excluding hydrogens is 398 g/mol. The van der Waals surface area contributed by atoms with Crippen LogP contribution in [0, 0.1) is 6.92 Å². The molecular formula is C24H33NO4S. The number of hydrogen-bond acceptors (Lipinski definition) is 5. The van der Waals surface area contributed by atoms with Crippen LogP contribution in [-0.2, 0) is 20.7 Å². The van der Waals surface area contributed by atoms with Gasteiger partial charge in [-0.1, -0.05) is 48.0 Å². The Hall–Kier alpha value is -2.47. The van der Waals surface area contributed by atoms with E-state index in [1.165, 1.54) is 10.5 Å². The number of ether oxygens (including phenoxy) is 2. The normalized spacial score (nSPS) is 11.5. The molecule has 0 radical (unpaired) electrons.